The zero-order valence-corrected chi connectivity index (χ0v) is 15.0. The van der Waals surface area contributed by atoms with Gasteiger partial charge in [-0.1, -0.05) is 0 Å². The third kappa shape index (κ3) is 3.47. The quantitative estimate of drug-likeness (QED) is 0.813. The summed E-state index contributed by atoms with van der Waals surface area (Å²) in [6.45, 7) is 1.74. The molecule has 2 aromatic rings. The Bertz CT molecular complexity index is 864. The molecule has 2 aliphatic heterocycles. The number of pyridine rings is 1. The summed E-state index contributed by atoms with van der Waals surface area (Å²) in [5, 5.41) is 0. The number of ether oxygens (including phenoxy) is 3. The second-order valence-electron chi connectivity index (χ2n) is 6.22. The fourth-order valence-corrected chi connectivity index (χ4v) is 4.62. The third-order valence-electron chi connectivity index (χ3n) is 4.49. The molecule has 2 aliphatic rings. The molecule has 7 nitrogen and oxygen atoms in total. The summed E-state index contributed by atoms with van der Waals surface area (Å²) >= 11 is 0. The highest BCUT2D eigenvalue weighted by molar-refractivity contribution is 7.89. The molecule has 3 heterocycles. The first-order chi connectivity index (χ1) is 12.6. The fourth-order valence-electron chi connectivity index (χ4n) is 3.13. The van der Waals surface area contributed by atoms with Crippen LogP contribution in [0, 0.1) is 0 Å². The van der Waals surface area contributed by atoms with Crippen LogP contribution in [0.5, 0.6) is 17.2 Å². The number of nitrogens with zero attached hydrogens (tertiary/aromatic N) is 2. The van der Waals surface area contributed by atoms with Gasteiger partial charge in [-0.05, 0) is 37.1 Å². The average Bonchev–Trinajstić information content (AvgIpc) is 2.69. The van der Waals surface area contributed by atoms with Gasteiger partial charge in [0.15, 0.2) is 11.5 Å². The molecule has 0 radical (unpaired) electrons. The predicted octanol–water partition coefficient (Wildman–Crippen LogP) is 2.08. The molecule has 1 aromatic heterocycles. The van der Waals surface area contributed by atoms with Crippen molar-refractivity contribution in [3.05, 3.63) is 42.7 Å². The highest BCUT2D eigenvalue weighted by Gasteiger charge is 2.31. The maximum atomic E-state index is 12.9. The lowest BCUT2D eigenvalue weighted by atomic mass is 10.1. The van der Waals surface area contributed by atoms with Crippen LogP contribution in [-0.2, 0) is 10.0 Å². The van der Waals surface area contributed by atoms with Crippen molar-refractivity contribution in [2.75, 3.05) is 26.3 Å². The Hall–Kier alpha value is -2.32. The Morgan fingerprint density at radius 1 is 1.08 bits per heavy atom. The number of rotatable bonds is 4. The number of fused-ring (bicyclic) bond motifs is 1. The van der Waals surface area contributed by atoms with Crippen LogP contribution < -0.4 is 14.2 Å². The first kappa shape index (κ1) is 17.1. The second kappa shape index (κ2) is 7.13. The first-order valence-corrected chi connectivity index (χ1v) is 10.0. The number of hydrogen-bond acceptors (Lipinski definition) is 6. The van der Waals surface area contributed by atoms with E-state index in [-0.39, 0.29) is 11.0 Å². The molecular weight excluding hydrogens is 356 g/mol. The molecule has 0 unspecified atom stereocenters. The van der Waals surface area contributed by atoms with Crippen molar-refractivity contribution in [3.8, 4) is 17.2 Å². The van der Waals surface area contributed by atoms with Gasteiger partial charge >= 0.3 is 0 Å². The minimum absolute atomic E-state index is 0.00841. The van der Waals surface area contributed by atoms with Gasteiger partial charge in [0.25, 0.3) is 0 Å². The van der Waals surface area contributed by atoms with Crippen molar-refractivity contribution >= 4 is 10.0 Å². The topological polar surface area (TPSA) is 78.0 Å². The maximum Gasteiger partial charge on any atom is 0.243 e. The molecule has 0 bridgehead atoms. The van der Waals surface area contributed by atoms with E-state index >= 15 is 0 Å². The van der Waals surface area contributed by atoms with Crippen LogP contribution in [-0.4, -0.2) is 50.1 Å². The van der Waals surface area contributed by atoms with Crippen molar-refractivity contribution in [1.29, 1.82) is 0 Å². The van der Waals surface area contributed by atoms with Gasteiger partial charge in [-0.3, -0.25) is 4.98 Å². The lowest BCUT2D eigenvalue weighted by Gasteiger charge is -2.31. The zero-order chi connectivity index (χ0) is 18.0. The van der Waals surface area contributed by atoms with E-state index in [1.807, 2.05) is 12.1 Å². The largest absolute Gasteiger partial charge is 0.489 e. The van der Waals surface area contributed by atoms with Gasteiger partial charge in [0.2, 0.25) is 10.0 Å². The predicted molar refractivity (Wildman–Crippen MR) is 94.1 cm³/mol. The van der Waals surface area contributed by atoms with Crippen LogP contribution in [0.4, 0.5) is 0 Å². The molecule has 1 saturated heterocycles. The van der Waals surface area contributed by atoms with Crippen LogP contribution in [0.3, 0.4) is 0 Å². The monoisotopic (exact) mass is 376 g/mol. The molecule has 138 valence electrons. The summed E-state index contributed by atoms with van der Waals surface area (Å²) in [4.78, 5) is 4.26. The van der Waals surface area contributed by atoms with E-state index in [0.29, 0.717) is 56.4 Å². The van der Waals surface area contributed by atoms with Crippen LogP contribution >= 0.6 is 0 Å². The summed E-state index contributed by atoms with van der Waals surface area (Å²) in [6, 6.07) is 8.44. The molecule has 1 fully saturated rings. The van der Waals surface area contributed by atoms with Gasteiger partial charge in [-0.2, -0.15) is 4.31 Å². The van der Waals surface area contributed by atoms with E-state index < -0.39 is 10.0 Å². The van der Waals surface area contributed by atoms with Gasteiger partial charge in [0.05, 0.1) is 11.1 Å². The van der Waals surface area contributed by atoms with Crippen LogP contribution in [0.2, 0.25) is 0 Å². The summed E-state index contributed by atoms with van der Waals surface area (Å²) in [5.41, 5.74) is 0. The molecule has 0 amide bonds. The van der Waals surface area contributed by atoms with Crippen molar-refractivity contribution in [3.63, 3.8) is 0 Å². The summed E-state index contributed by atoms with van der Waals surface area (Å²) in [7, 11) is -3.56. The van der Waals surface area contributed by atoms with Crippen molar-refractivity contribution < 1.29 is 22.6 Å². The maximum absolute atomic E-state index is 12.9. The van der Waals surface area contributed by atoms with E-state index in [2.05, 4.69) is 4.98 Å². The Balaban J connectivity index is 1.43. The summed E-state index contributed by atoms with van der Waals surface area (Å²) in [6.07, 6.45) is 4.62. The van der Waals surface area contributed by atoms with Crippen LogP contribution in [0.25, 0.3) is 0 Å². The van der Waals surface area contributed by atoms with Gasteiger partial charge in [0.1, 0.15) is 25.1 Å². The number of aromatic nitrogens is 1. The van der Waals surface area contributed by atoms with E-state index in [4.69, 9.17) is 14.2 Å². The number of benzene rings is 1. The van der Waals surface area contributed by atoms with Gasteiger partial charge in [0, 0.05) is 25.4 Å². The molecule has 0 N–H and O–H groups in total. The van der Waals surface area contributed by atoms with E-state index in [1.54, 1.807) is 30.6 Å². The van der Waals surface area contributed by atoms with E-state index in [1.165, 1.54) is 4.31 Å². The lowest BCUT2D eigenvalue weighted by molar-refractivity contribution is 0.134. The number of piperidine rings is 1. The molecule has 0 spiro atoms. The molecule has 0 atom stereocenters. The van der Waals surface area contributed by atoms with Gasteiger partial charge in [-0.25, -0.2) is 8.42 Å². The highest BCUT2D eigenvalue weighted by atomic mass is 32.2. The Kier molecular flexibility index (Phi) is 4.69. The van der Waals surface area contributed by atoms with Crippen molar-refractivity contribution in [1.82, 2.24) is 9.29 Å². The fraction of sp³-hybridized carbons (Fsp3) is 0.389. The lowest BCUT2D eigenvalue weighted by Crippen LogP contribution is -2.41. The molecule has 8 heteroatoms. The third-order valence-corrected chi connectivity index (χ3v) is 6.38. The first-order valence-electron chi connectivity index (χ1n) is 8.59. The molecule has 1 aromatic carbocycles. The second-order valence-corrected chi connectivity index (χ2v) is 8.15. The highest BCUT2D eigenvalue weighted by Crippen LogP contribution is 2.33. The average molecular weight is 376 g/mol. The Morgan fingerprint density at radius 3 is 2.58 bits per heavy atom. The molecule has 26 heavy (non-hydrogen) atoms. The number of sulfonamides is 1. The molecular formula is C18H20N2O5S. The molecule has 0 aliphatic carbocycles. The summed E-state index contributed by atoms with van der Waals surface area (Å²) < 4.78 is 44.2. The standard InChI is InChI=1S/C18H20N2O5S/c21-26(22,16-3-4-17-18(12-16)24-11-10-23-17)20-8-5-14(6-9-20)25-15-2-1-7-19-13-15/h1-4,7,12-14H,5-6,8-11H2. The number of hydrogen-bond donors (Lipinski definition) is 0. The summed E-state index contributed by atoms with van der Waals surface area (Å²) in [5.74, 6) is 1.77. The van der Waals surface area contributed by atoms with E-state index in [0.717, 1.165) is 0 Å². The smallest absolute Gasteiger partial charge is 0.243 e. The van der Waals surface area contributed by atoms with Gasteiger partial charge < -0.3 is 14.2 Å². The Labute approximate surface area is 152 Å². The zero-order valence-electron chi connectivity index (χ0n) is 14.2. The van der Waals surface area contributed by atoms with Crippen molar-refractivity contribution in [2.24, 2.45) is 0 Å². The van der Waals surface area contributed by atoms with Crippen molar-refractivity contribution in [2.45, 2.75) is 23.8 Å². The van der Waals surface area contributed by atoms with E-state index in [9.17, 15) is 8.42 Å². The SMILES string of the molecule is O=S(=O)(c1ccc2c(c1)OCCO2)N1CCC(Oc2cccnc2)CC1. The minimum Gasteiger partial charge on any atom is -0.489 e. The molecule has 4 rings (SSSR count). The van der Waals surface area contributed by atoms with Crippen LogP contribution in [0.1, 0.15) is 12.8 Å². The van der Waals surface area contributed by atoms with Gasteiger partial charge in [-0.15, -0.1) is 0 Å². The molecule has 0 saturated carbocycles. The van der Waals surface area contributed by atoms with Crippen LogP contribution in [0.15, 0.2) is 47.6 Å². The Morgan fingerprint density at radius 2 is 1.85 bits per heavy atom. The normalized spacial score (nSPS) is 18.5. The minimum atomic E-state index is -3.56.